The number of hydrogen-bond acceptors (Lipinski definition) is 8. The van der Waals surface area contributed by atoms with Crippen molar-refractivity contribution in [2.24, 2.45) is 4.99 Å². The first kappa shape index (κ1) is 21.2. The van der Waals surface area contributed by atoms with Crippen molar-refractivity contribution >= 4 is 39.6 Å². The number of Topliss-reactive ketones (excluding diaryl/α,β-unsaturated/α-hetero) is 1. The van der Waals surface area contributed by atoms with Crippen LogP contribution >= 0.6 is 11.3 Å². The molecule has 1 atom stereocenters. The molecular formula is C26H20N6O2S. The fourth-order valence-corrected chi connectivity index (χ4v) is 5.21. The Bertz CT molecular complexity index is 1650. The van der Waals surface area contributed by atoms with Gasteiger partial charge in [-0.3, -0.25) is 19.8 Å². The van der Waals surface area contributed by atoms with Crippen LogP contribution in [0.2, 0.25) is 0 Å². The second-order valence-electron chi connectivity index (χ2n) is 8.37. The summed E-state index contributed by atoms with van der Waals surface area (Å²) in [6.45, 7) is 3.56. The molecule has 5 aromatic rings. The van der Waals surface area contributed by atoms with Crippen molar-refractivity contribution in [1.82, 2.24) is 19.9 Å². The fraction of sp³-hybridized carbons (Fsp3) is 0.115. The molecule has 6 heterocycles. The third-order valence-electron chi connectivity index (χ3n) is 5.87. The van der Waals surface area contributed by atoms with Crippen LogP contribution in [0.15, 0.2) is 66.2 Å². The molecule has 0 amide bonds. The number of carbonyl (C=O) groups excluding carboxylic acids is 1. The molecule has 0 spiro atoms. The lowest BCUT2D eigenvalue weighted by Gasteiger charge is -2.23. The second kappa shape index (κ2) is 8.14. The molecule has 172 valence electrons. The Morgan fingerprint density at radius 2 is 1.94 bits per heavy atom. The van der Waals surface area contributed by atoms with Crippen LogP contribution in [0, 0.1) is 0 Å². The van der Waals surface area contributed by atoms with E-state index in [0.29, 0.717) is 11.3 Å². The van der Waals surface area contributed by atoms with Crippen LogP contribution in [0.25, 0.3) is 32.7 Å². The molecule has 35 heavy (non-hydrogen) atoms. The van der Waals surface area contributed by atoms with E-state index in [1.807, 2.05) is 31.2 Å². The molecule has 6 rings (SSSR count). The Labute approximate surface area is 204 Å². The molecule has 1 aliphatic rings. The van der Waals surface area contributed by atoms with E-state index < -0.39 is 0 Å². The minimum Gasteiger partial charge on any atom is -0.506 e. The zero-order valence-electron chi connectivity index (χ0n) is 18.9. The predicted molar refractivity (Wildman–Crippen MR) is 137 cm³/mol. The topological polar surface area (TPSA) is 116 Å². The number of aromatic amines is 1. The van der Waals surface area contributed by atoms with Crippen molar-refractivity contribution in [3.63, 3.8) is 0 Å². The number of nitrogens with zero attached hydrogens (tertiary/aromatic N) is 4. The summed E-state index contributed by atoms with van der Waals surface area (Å²) in [7, 11) is 0. The predicted octanol–water partition coefficient (Wildman–Crippen LogP) is 5.27. The maximum atomic E-state index is 11.8. The molecule has 3 N–H and O–H groups in total. The summed E-state index contributed by atoms with van der Waals surface area (Å²) in [5, 5.41) is 14.2. The molecule has 0 fully saturated rings. The summed E-state index contributed by atoms with van der Waals surface area (Å²) in [5.41, 5.74) is 6.55. The van der Waals surface area contributed by atoms with Crippen molar-refractivity contribution in [3.05, 3.63) is 77.3 Å². The normalized spacial score (nSPS) is 14.9. The highest BCUT2D eigenvalue weighted by Crippen LogP contribution is 2.35. The standard InChI is InChI=1S/C26H20N6O2S/c1-13(33)23-3-4-24(35-23)17-5-6-28-26-18(17)8-21(32-26)25-19-9-20(15-7-16(34)11-27-10-15)29-12-22(19)30-14(2)31-25/h3-12,14,30,34H,1-2H3,(H,28,32)/t14-/m1/s1. The Morgan fingerprint density at radius 3 is 2.74 bits per heavy atom. The zero-order chi connectivity index (χ0) is 24.1. The molecule has 0 unspecified atom stereocenters. The first-order valence-electron chi connectivity index (χ1n) is 11.0. The van der Waals surface area contributed by atoms with Crippen LogP contribution in [0.4, 0.5) is 5.69 Å². The van der Waals surface area contributed by atoms with Gasteiger partial charge in [0, 0.05) is 39.3 Å². The second-order valence-corrected chi connectivity index (χ2v) is 9.45. The minimum atomic E-state index is -0.137. The Balaban J connectivity index is 1.47. The largest absolute Gasteiger partial charge is 0.506 e. The molecule has 0 saturated carbocycles. The summed E-state index contributed by atoms with van der Waals surface area (Å²) in [6.07, 6.45) is 6.46. The number of rotatable bonds is 4. The molecule has 0 aliphatic carbocycles. The van der Waals surface area contributed by atoms with Gasteiger partial charge in [-0.15, -0.1) is 11.3 Å². The van der Waals surface area contributed by atoms with Gasteiger partial charge in [-0.05, 0) is 50.2 Å². The maximum Gasteiger partial charge on any atom is 0.169 e. The smallest absolute Gasteiger partial charge is 0.169 e. The van der Waals surface area contributed by atoms with Gasteiger partial charge in [-0.25, -0.2) is 4.98 Å². The SMILES string of the molecule is CC(=O)c1ccc(-c2ccnc3[nH]c(C4=N[C@H](C)Nc5cnc(-c6cncc(O)c6)cc54)cc23)s1. The average molecular weight is 481 g/mol. The zero-order valence-corrected chi connectivity index (χ0v) is 19.7. The minimum absolute atomic E-state index is 0.0577. The number of anilines is 1. The molecule has 0 radical (unpaired) electrons. The lowest BCUT2D eigenvalue weighted by molar-refractivity contribution is 0.102. The van der Waals surface area contributed by atoms with Gasteiger partial charge >= 0.3 is 0 Å². The van der Waals surface area contributed by atoms with E-state index in [1.165, 1.54) is 17.5 Å². The van der Waals surface area contributed by atoms with Crippen molar-refractivity contribution in [2.45, 2.75) is 20.0 Å². The van der Waals surface area contributed by atoms with Gasteiger partial charge in [0.25, 0.3) is 0 Å². The Kier molecular flexibility index (Phi) is 4.93. The number of thiophene rings is 1. The van der Waals surface area contributed by atoms with E-state index in [9.17, 15) is 9.90 Å². The van der Waals surface area contributed by atoms with Crippen molar-refractivity contribution < 1.29 is 9.90 Å². The number of aromatic hydroxyl groups is 1. The van der Waals surface area contributed by atoms with Gasteiger partial charge in [0.2, 0.25) is 0 Å². The van der Waals surface area contributed by atoms with E-state index in [4.69, 9.17) is 4.99 Å². The number of H-pyrrole nitrogens is 1. The number of hydrogen-bond donors (Lipinski definition) is 3. The molecule has 5 aromatic heterocycles. The highest BCUT2D eigenvalue weighted by Gasteiger charge is 2.23. The number of aromatic nitrogens is 4. The van der Waals surface area contributed by atoms with Crippen LogP contribution in [-0.4, -0.2) is 42.7 Å². The number of nitrogens with one attached hydrogen (secondary N) is 2. The van der Waals surface area contributed by atoms with E-state index in [2.05, 4.69) is 31.3 Å². The van der Waals surface area contributed by atoms with Crippen LogP contribution < -0.4 is 5.32 Å². The lowest BCUT2D eigenvalue weighted by atomic mass is 10.0. The van der Waals surface area contributed by atoms with Gasteiger partial charge in [-0.1, -0.05) is 0 Å². The van der Waals surface area contributed by atoms with Crippen molar-refractivity contribution in [1.29, 1.82) is 0 Å². The summed E-state index contributed by atoms with van der Waals surface area (Å²) in [4.78, 5) is 35.0. The lowest BCUT2D eigenvalue weighted by Crippen LogP contribution is -2.24. The number of ketones is 1. The van der Waals surface area contributed by atoms with Crippen LogP contribution in [-0.2, 0) is 0 Å². The number of carbonyl (C=O) groups is 1. The quantitative estimate of drug-likeness (QED) is 0.302. The van der Waals surface area contributed by atoms with E-state index in [1.54, 1.807) is 31.6 Å². The first-order valence-corrected chi connectivity index (χ1v) is 11.9. The van der Waals surface area contributed by atoms with Gasteiger partial charge in [0.15, 0.2) is 5.78 Å². The molecule has 1 aliphatic heterocycles. The monoisotopic (exact) mass is 480 g/mol. The number of aliphatic imine (C=N–C) groups is 1. The van der Waals surface area contributed by atoms with Gasteiger partial charge in [-0.2, -0.15) is 0 Å². The molecular weight excluding hydrogens is 460 g/mol. The highest BCUT2D eigenvalue weighted by atomic mass is 32.1. The van der Waals surface area contributed by atoms with Crippen LogP contribution in [0.5, 0.6) is 5.75 Å². The van der Waals surface area contributed by atoms with Gasteiger partial charge in [0.05, 0.1) is 40.1 Å². The molecule has 0 saturated heterocycles. The van der Waals surface area contributed by atoms with E-state index in [0.717, 1.165) is 49.0 Å². The van der Waals surface area contributed by atoms with Crippen LogP contribution in [0.1, 0.15) is 34.8 Å². The Hall–Kier alpha value is -4.37. The van der Waals surface area contributed by atoms with Crippen molar-refractivity contribution in [2.75, 3.05) is 5.32 Å². The first-order chi connectivity index (χ1) is 17.0. The van der Waals surface area contributed by atoms with E-state index >= 15 is 0 Å². The van der Waals surface area contributed by atoms with E-state index in [-0.39, 0.29) is 17.7 Å². The average Bonchev–Trinajstić information content (AvgIpc) is 3.51. The Morgan fingerprint density at radius 1 is 1.06 bits per heavy atom. The maximum absolute atomic E-state index is 11.8. The molecule has 0 aromatic carbocycles. The van der Waals surface area contributed by atoms with Gasteiger partial charge in [0.1, 0.15) is 17.6 Å². The molecule has 8 nitrogen and oxygen atoms in total. The molecule has 9 heteroatoms. The van der Waals surface area contributed by atoms with Crippen molar-refractivity contribution in [3.8, 4) is 27.4 Å². The number of fused-ring (bicyclic) bond motifs is 2. The summed E-state index contributed by atoms with van der Waals surface area (Å²) >= 11 is 1.48. The third kappa shape index (κ3) is 3.75. The van der Waals surface area contributed by atoms with Crippen LogP contribution in [0.3, 0.4) is 0 Å². The third-order valence-corrected chi connectivity index (χ3v) is 7.09. The highest BCUT2D eigenvalue weighted by molar-refractivity contribution is 7.17. The molecule has 0 bridgehead atoms. The summed E-state index contributed by atoms with van der Waals surface area (Å²) < 4.78 is 0. The summed E-state index contributed by atoms with van der Waals surface area (Å²) in [6, 6.07) is 11.4. The summed E-state index contributed by atoms with van der Waals surface area (Å²) in [5.74, 6) is 0.140. The van der Waals surface area contributed by atoms with Gasteiger partial charge < -0.3 is 15.4 Å². The fourth-order valence-electron chi connectivity index (χ4n) is 4.27. The number of pyridine rings is 3.